The summed E-state index contributed by atoms with van der Waals surface area (Å²) < 4.78 is 5.32. The number of hydrogen-bond acceptors (Lipinski definition) is 4. The molecule has 0 aliphatic rings. The van der Waals surface area contributed by atoms with E-state index in [9.17, 15) is 0 Å². The summed E-state index contributed by atoms with van der Waals surface area (Å²) in [6.07, 6.45) is 0.598. The normalized spacial score (nSPS) is 13.7. The fraction of sp³-hybridized carbons (Fsp3) is 0.529. The number of hydrogen-bond donors (Lipinski definition) is 1. The van der Waals surface area contributed by atoms with Crippen molar-refractivity contribution in [2.45, 2.75) is 53.0 Å². The second-order valence-corrected chi connectivity index (χ2v) is 6.97. The van der Waals surface area contributed by atoms with E-state index in [4.69, 9.17) is 10.3 Å². The maximum Gasteiger partial charge on any atom is 0.228 e. The third kappa shape index (κ3) is 3.91. The topological polar surface area (TPSA) is 64.9 Å². The van der Waals surface area contributed by atoms with Gasteiger partial charge in [0, 0.05) is 18.0 Å². The summed E-state index contributed by atoms with van der Waals surface area (Å²) in [5, 5.41) is 4.05. The Morgan fingerprint density at radius 1 is 1.14 bits per heavy atom. The molecule has 1 aromatic carbocycles. The molecule has 4 heteroatoms. The van der Waals surface area contributed by atoms with Crippen molar-refractivity contribution in [1.82, 2.24) is 10.1 Å². The summed E-state index contributed by atoms with van der Waals surface area (Å²) in [5.41, 5.74) is 8.45. The van der Waals surface area contributed by atoms with Crippen molar-refractivity contribution in [3.05, 3.63) is 35.7 Å². The van der Waals surface area contributed by atoms with E-state index in [0.717, 1.165) is 5.56 Å². The average Bonchev–Trinajstić information content (AvgIpc) is 2.86. The van der Waals surface area contributed by atoms with E-state index in [1.54, 1.807) is 0 Å². The Bertz CT molecular complexity index is 579. The molecule has 114 valence electrons. The Morgan fingerprint density at radius 3 is 2.29 bits per heavy atom. The van der Waals surface area contributed by atoms with Crippen LogP contribution in [-0.2, 0) is 6.42 Å². The summed E-state index contributed by atoms with van der Waals surface area (Å²) in [6.45, 7) is 10.7. The zero-order valence-corrected chi connectivity index (χ0v) is 13.6. The van der Waals surface area contributed by atoms with E-state index in [2.05, 4.69) is 56.9 Å². The molecule has 0 fully saturated rings. The molecule has 1 atom stereocenters. The van der Waals surface area contributed by atoms with Crippen LogP contribution >= 0.6 is 0 Å². The molecule has 0 aliphatic carbocycles. The predicted octanol–water partition coefficient (Wildman–Crippen LogP) is 3.78. The first-order chi connectivity index (χ1) is 9.77. The van der Waals surface area contributed by atoms with Crippen LogP contribution in [0.5, 0.6) is 0 Å². The number of benzene rings is 1. The zero-order chi connectivity index (χ0) is 15.6. The van der Waals surface area contributed by atoms with Gasteiger partial charge >= 0.3 is 0 Å². The van der Waals surface area contributed by atoms with Crippen LogP contribution in [0.4, 0.5) is 0 Å². The molecule has 2 aromatic rings. The van der Waals surface area contributed by atoms with Crippen LogP contribution in [0, 0.1) is 5.41 Å². The highest BCUT2D eigenvalue weighted by atomic mass is 16.5. The smallest absolute Gasteiger partial charge is 0.228 e. The monoisotopic (exact) mass is 287 g/mol. The van der Waals surface area contributed by atoms with Crippen LogP contribution in [0.25, 0.3) is 11.4 Å². The molecule has 1 aromatic heterocycles. The molecular weight excluding hydrogens is 262 g/mol. The summed E-state index contributed by atoms with van der Waals surface area (Å²) in [4.78, 5) is 4.45. The predicted molar refractivity (Wildman–Crippen MR) is 85.0 cm³/mol. The lowest BCUT2D eigenvalue weighted by atomic mass is 9.85. The summed E-state index contributed by atoms with van der Waals surface area (Å²) in [6, 6.07) is 8.28. The van der Waals surface area contributed by atoms with Crippen molar-refractivity contribution >= 4 is 0 Å². The lowest BCUT2D eigenvalue weighted by molar-refractivity contribution is 0.286. The SMILES string of the molecule is CC(C)c1ccc(-c2noc(CC(N)C(C)(C)C)n2)cc1. The van der Waals surface area contributed by atoms with Gasteiger partial charge in [0.2, 0.25) is 11.7 Å². The van der Waals surface area contributed by atoms with E-state index < -0.39 is 0 Å². The summed E-state index contributed by atoms with van der Waals surface area (Å²) >= 11 is 0. The van der Waals surface area contributed by atoms with Crippen LogP contribution in [0.3, 0.4) is 0 Å². The number of nitrogens with two attached hydrogens (primary N) is 1. The standard InChI is InChI=1S/C17H25N3O/c1-11(2)12-6-8-13(9-7-12)16-19-15(21-20-16)10-14(18)17(3,4)5/h6-9,11,14H,10,18H2,1-5H3. The average molecular weight is 287 g/mol. The van der Waals surface area contributed by atoms with E-state index in [1.807, 2.05) is 12.1 Å². The Balaban J connectivity index is 2.12. The number of aromatic nitrogens is 2. The van der Waals surface area contributed by atoms with E-state index in [0.29, 0.717) is 24.1 Å². The molecular formula is C17H25N3O. The Labute approximate surface area is 126 Å². The Hall–Kier alpha value is -1.68. The summed E-state index contributed by atoms with van der Waals surface area (Å²) in [5.74, 6) is 1.74. The first-order valence-electron chi connectivity index (χ1n) is 7.46. The van der Waals surface area contributed by atoms with Crippen molar-refractivity contribution in [3.63, 3.8) is 0 Å². The third-order valence-corrected chi connectivity index (χ3v) is 3.81. The second-order valence-electron chi connectivity index (χ2n) is 6.97. The minimum Gasteiger partial charge on any atom is -0.339 e. The maximum absolute atomic E-state index is 6.16. The van der Waals surface area contributed by atoms with Crippen LogP contribution in [0.15, 0.2) is 28.8 Å². The molecule has 0 aliphatic heterocycles. The van der Waals surface area contributed by atoms with Crippen molar-refractivity contribution in [2.75, 3.05) is 0 Å². The second kappa shape index (κ2) is 5.98. The molecule has 2 rings (SSSR count). The van der Waals surface area contributed by atoms with Gasteiger partial charge in [-0.2, -0.15) is 4.98 Å². The van der Waals surface area contributed by atoms with Gasteiger partial charge in [0.05, 0.1) is 0 Å². The maximum atomic E-state index is 6.16. The molecule has 0 saturated heterocycles. The molecule has 0 radical (unpaired) electrons. The molecule has 2 N–H and O–H groups in total. The van der Waals surface area contributed by atoms with Gasteiger partial charge in [-0.1, -0.05) is 64.0 Å². The lowest BCUT2D eigenvalue weighted by Gasteiger charge is -2.25. The Morgan fingerprint density at radius 2 is 1.76 bits per heavy atom. The van der Waals surface area contributed by atoms with Crippen molar-refractivity contribution in [1.29, 1.82) is 0 Å². The van der Waals surface area contributed by atoms with Gasteiger partial charge in [-0.3, -0.25) is 0 Å². The molecule has 1 heterocycles. The van der Waals surface area contributed by atoms with Gasteiger partial charge in [-0.25, -0.2) is 0 Å². The molecule has 0 bridgehead atoms. The molecule has 4 nitrogen and oxygen atoms in total. The molecule has 0 amide bonds. The van der Waals surface area contributed by atoms with E-state index >= 15 is 0 Å². The molecule has 0 saturated carbocycles. The number of rotatable bonds is 4. The summed E-state index contributed by atoms with van der Waals surface area (Å²) in [7, 11) is 0. The van der Waals surface area contributed by atoms with Crippen LogP contribution in [0.1, 0.15) is 52.0 Å². The quantitative estimate of drug-likeness (QED) is 0.929. The fourth-order valence-electron chi connectivity index (χ4n) is 1.97. The largest absolute Gasteiger partial charge is 0.339 e. The lowest BCUT2D eigenvalue weighted by Crippen LogP contribution is -2.36. The van der Waals surface area contributed by atoms with Crippen LogP contribution in [0.2, 0.25) is 0 Å². The van der Waals surface area contributed by atoms with Gasteiger partial charge in [0.1, 0.15) is 0 Å². The van der Waals surface area contributed by atoms with Crippen molar-refractivity contribution in [3.8, 4) is 11.4 Å². The van der Waals surface area contributed by atoms with Crippen LogP contribution < -0.4 is 5.73 Å². The fourth-order valence-corrected chi connectivity index (χ4v) is 1.97. The molecule has 21 heavy (non-hydrogen) atoms. The van der Waals surface area contributed by atoms with Crippen molar-refractivity contribution in [2.24, 2.45) is 11.1 Å². The van der Waals surface area contributed by atoms with Gasteiger partial charge in [-0.05, 0) is 16.9 Å². The van der Waals surface area contributed by atoms with Crippen LogP contribution in [-0.4, -0.2) is 16.2 Å². The van der Waals surface area contributed by atoms with Gasteiger partial charge in [0.25, 0.3) is 0 Å². The third-order valence-electron chi connectivity index (χ3n) is 3.81. The minimum absolute atomic E-state index is 0.00545. The Kier molecular flexibility index (Phi) is 4.47. The van der Waals surface area contributed by atoms with Crippen molar-refractivity contribution < 1.29 is 4.52 Å². The molecule has 0 spiro atoms. The highest BCUT2D eigenvalue weighted by Crippen LogP contribution is 2.23. The van der Waals surface area contributed by atoms with Gasteiger partial charge in [-0.15, -0.1) is 0 Å². The highest BCUT2D eigenvalue weighted by Gasteiger charge is 2.23. The first-order valence-corrected chi connectivity index (χ1v) is 7.46. The zero-order valence-electron chi connectivity index (χ0n) is 13.6. The van der Waals surface area contributed by atoms with E-state index in [-0.39, 0.29) is 11.5 Å². The van der Waals surface area contributed by atoms with Gasteiger partial charge in [0.15, 0.2) is 0 Å². The highest BCUT2D eigenvalue weighted by molar-refractivity contribution is 5.54. The minimum atomic E-state index is -0.00545. The molecule has 1 unspecified atom stereocenters. The van der Waals surface area contributed by atoms with Gasteiger partial charge < -0.3 is 10.3 Å². The van der Waals surface area contributed by atoms with E-state index in [1.165, 1.54) is 5.56 Å². The number of nitrogens with zero attached hydrogens (tertiary/aromatic N) is 2. The first kappa shape index (κ1) is 15.7.